The van der Waals surface area contributed by atoms with Gasteiger partial charge in [-0.15, -0.1) is 0 Å². The van der Waals surface area contributed by atoms with Gasteiger partial charge in [0, 0.05) is 31.7 Å². The van der Waals surface area contributed by atoms with Gasteiger partial charge in [0.1, 0.15) is 5.75 Å². The Morgan fingerprint density at radius 2 is 1.42 bits per heavy atom. The van der Waals surface area contributed by atoms with Crippen molar-refractivity contribution < 1.29 is 14.3 Å². The van der Waals surface area contributed by atoms with E-state index in [-0.39, 0.29) is 11.8 Å². The molecule has 1 aliphatic rings. The first-order chi connectivity index (χ1) is 15.1. The van der Waals surface area contributed by atoms with E-state index < -0.39 is 0 Å². The topological polar surface area (TPSA) is 49.9 Å². The molecule has 0 radical (unpaired) electrons. The molecule has 0 bridgehead atoms. The van der Waals surface area contributed by atoms with E-state index in [1.54, 1.807) is 24.1 Å². The Kier molecular flexibility index (Phi) is 6.32. The van der Waals surface area contributed by atoms with E-state index in [4.69, 9.17) is 4.74 Å². The number of rotatable bonds is 5. The molecule has 1 aliphatic heterocycles. The maximum Gasteiger partial charge on any atom is 0.254 e. The van der Waals surface area contributed by atoms with Gasteiger partial charge >= 0.3 is 0 Å². The molecular weight excluding hydrogens is 388 g/mol. The van der Waals surface area contributed by atoms with Crippen LogP contribution in [-0.4, -0.2) is 54.9 Å². The van der Waals surface area contributed by atoms with E-state index >= 15 is 0 Å². The van der Waals surface area contributed by atoms with Crippen molar-refractivity contribution in [2.45, 2.75) is 6.42 Å². The second-order valence-corrected chi connectivity index (χ2v) is 7.64. The molecule has 0 aliphatic carbocycles. The van der Waals surface area contributed by atoms with Crippen molar-refractivity contribution in [3.63, 3.8) is 0 Å². The van der Waals surface area contributed by atoms with Crippen LogP contribution in [0.25, 0.3) is 11.1 Å². The minimum Gasteiger partial charge on any atom is -0.497 e. The summed E-state index contributed by atoms with van der Waals surface area (Å²) in [5, 5.41) is 0. The molecule has 0 spiro atoms. The first-order valence-electron chi connectivity index (χ1n) is 10.5. The minimum absolute atomic E-state index is 0.0255. The highest BCUT2D eigenvalue weighted by molar-refractivity contribution is 5.94. The number of carbonyl (C=O) groups excluding carboxylic acids is 2. The first-order valence-corrected chi connectivity index (χ1v) is 10.5. The standard InChI is InChI=1S/C26H26N2O3/c1-31-24-9-5-8-23(19-24)26(30)28-16-14-27(15-17-28)25(29)18-20-10-12-22(13-11-20)21-6-3-2-4-7-21/h2-13,19H,14-18H2,1H3. The van der Waals surface area contributed by atoms with Crippen LogP contribution in [0.3, 0.4) is 0 Å². The third-order valence-corrected chi connectivity index (χ3v) is 5.65. The van der Waals surface area contributed by atoms with E-state index in [1.807, 2.05) is 47.4 Å². The SMILES string of the molecule is COc1cccc(C(=O)N2CCN(C(=O)Cc3ccc(-c4ccccc4)cc3)CC2)c1. The Morgan fingerprint density at radius 3 is 2.10 bits per heavy atom. The third-order valence-electron chi connectivity index (χ3n) is 5.65. The number of amides is 2. The number of ether oxygens (including phenoxy) is 1. The van der Waals surface area contributed by atoms with E-state index in [0.29, 0.717) is 43.9 Å². The lowest BCUT2D eigenvalue weighted by Gasteiger charge is -2.35. The summed E-state index contributed by atoms with van der Waals surface area (Å²) >= 11 is 0. The molecule has 31 heavy (non-hydrogen) atoms. The van der Waals surface area contributed by atoms with E-state index in [2.05, 4.69) is 24.3 Å². The lowest BCUT2D eigenvalue weighted by molar-refractivity contribution is -0.131. The molecule has 3 aromatic rings. The molecule has 1 fully saturated rings. The molecule has 1 saturated heterocycles. The van der Waals surface area contributed by atoms with Gasteiger partial charge in [0.2, 0.25) is 5.91 Å². The van der Waals surface area contributed by atoms with E-state index in [0.717, 1.165) is 16.7 Å². The summed E-state index contributed by atoms with van der Waals surface area (Å²) in [6.07, 6.45) is 0.374. The second-order valence-electron chi connectivity index (χ2n) is 7.64. The quantitative estimate of drug-likeness (QED) is 0.637. The molecule has 0 atom stereocenters. The number of piperazine rings is 1. The monoisotopic (exact) mass is 414 g/mol. The summed E-state index contributed by atoms with van der Waals surface area (Å²) in [5.41, 5.74) is 3.91. The van der Waals surface area contributed by atoms with Gasteiger partial charge in [-0.25, -0.2) is 0 Å². The highest BCUT2D eigenvalue weighted by atomic mass is 16.5. The number of benzene rings is 3. The molecule has 158 valence electrons. The first kappa shape index (κ1) is 20.7. The molecule has 0 aromatic heterocycles. The Bertz CT molecular complexity index is 1040. The van der Waals surface area contributed by atoms with Gasteiger partial charge in [-0.1, -0.05) is 60.7 Å². The van der Waals surface area contributed by atoms with Crippen molar-refractivity contribution in [1.29, 1.82) is 0 Å². The van der Waals surface area contributed by atoms with Gasteiger partial charge in [-0.05, 0) is 34.9 Å². The van der Waals surface area contributed by atoms with Crippen LogP contribution in [0.5, 0.6) is 5.75 Å². The summed E-state index contributed by atoms with van der Waals surface area (Å²) in [5.74, 6) is 0.737. The molecule has 3 aromatic carbocycles. The molecule has 2 amide bonds. The van der Waals surface area contributed by atoms with Crippen LogP contribution < -0.4 is 4.74 Å². The van der Waals surface area contributed by atoms with Gasteiger partial charge in [-0.3, -0.25) is 9.59 Å². The number of methoxy groups -OCH3 is 1. The molecule has 0 unspecified atom stereocenters. The van der Waals surface area contributed by atoms with Crippen LogP contribution in [0.1, 0.15) is 15.9 Å². The average Bonchev–Trinajstić information content (AvgIpc) is 2.84. The molecule has 1 heterocycles. The van der Waals surface area contributed by atoms with Crippen molar-refractivity contribution in [3.8, 4) is 16.9 Å². The zero-order valence-electron chi connectivity index (χ0n) is 17.7. The van der Waals surface area contributed by atoms with Gasteiger partial charge in [0.25, 0.3) is 5.91 Å². The minimum atomic E-state index is -0.0255. The number of hydrogen-bond donors (Lipinski definition) is 0. The molecular formula is C26H26N2O3. The maximum absolute atomic E-state index is 12.8. The largest absolute Gasteiger partial charge is 0.497 e. The van der Waals surface area contributed by atoms with Crippen LogP contribution >= 0.6 is 0 Å². The van der Waals surface area contributed by atoms with Crippen LogP contribution in [0.4, 0.5) is 0 Å². The number of hydrogen-bond acceptors (Lipinski definition) is 3. The van der Waals surface area contributed by atoms with Gasteiger partial charge < -0.3 is 14.5 Å². The summed E-state index contributed by atoms with van der Waals surface area (Å²) in [6, 6.07) is 25.5. The predicted molar refractivity (Wildman–Crippen MR) is 121 cm³/mol. The summed E-state index contributed by atoms with van der Waals surface area (Å²) in [4.78, 5) is 29.2. The highest BCUT2D eigenvalue weighted by Gasteiger charge is 2.25. The number of nitrogens with zero attached hydrogens (tertiary/aromatic N) is 2. The molecule has 5 nitrogen and oxygen atoms in total. The fourth-order valence-corrected chi connectivity index (χ4v) is 3.83. The zero-order valence-corrected chi connectivity index (χ0v) is 17.7. The van der Waals surface area contributed by atoms with Crippen molar-refractivity contribution >= 4 is 11.8 Å². The Labute approximate surface area is 182 Å². The fourth-order valence-electron chi connectivity index (χ4n) is 3.83. The molecule has 5 heteroatoms. The maximum atomic E-state index is 12.8. The predicted octanol–water partition coefficient (Wildman–Crippen LogP) is 3.89. The summed E-state index contributed by atoms with van der Waals surface area (Å²) < 4.78 is 5.21. The van der Waals surface area contributed by atoms with Gasteiger partial charge in [-0.2, -0.15) is 0 Å². The van der Waals surface area contributed by atoms with E-state index in [9.17, 15) is 9.59 Å². The third kappa shape index (κ3) is 4.94. The lowest BCUT2D eigenvalue weighted by atomic mass is 10.0. The summed E-state index contributed by atoms with van der Waals surface area (Å²) in [7, 11) is 1.59. The van der Waals surface area contributed by atoms with Gasteiger partial charge in [0.15, 0.2) is 0 Å². The Hall–Kier alpha value is -3.60. The van der Waals surface area contributed by atoms with Crippen molar-refractivity contribution in [2.24, 2.45) is 0 Å². The summed E-state index contributed by atoms with van der Waals surface area (Å²) in [6.45, 7) is 2.18. The van der Waals surface area contributed by atoms with Crippen LogP contribution in [0.15, 0.2) is 78.9 Å². The van der Waals surface area contributed by atoms with Crippen LogP contribution in [0, 0.1) is 0 Å². The molecule has 0 saturated carbocycles. The van der Waals surface area contributed by atoms with E-state index in [1.165, 1.54) is 0 Å². The van der Waals surface area contributed by atoms with Crippen molar-refractivity contribution in [3.05, 3.63) is 90.0 Å². The van der Waals surface area contributed by atoms with Crippen molar-refractivity contribution in [1.82, 2.24) is 9.80 Å². The average molecular weight is 415 g/mol. The Balaban J connectivity index is 1.31. The van der Waals surface area contributed by atoms with Gasteiger partial charge in [0.05, 0.1) is 13.5 Å². The lowest BCUT2D eigenvalue weighted by Crippen LogP contribution is -2.51. The molecule has 0 N–H and O–H groups in total. The zero-order chi connectivity index (χ0) is 21.6. The van der Waals surface area contributed by atoms with Crippen LogP contribution in [-0.2, 0) is 11.2 Å². The Morgan fingerprint density at radius 1 is 0.774 bits per heavy atom. The normalized spacial score (nSPS) is 13.7. The fraction of sp³-hybridized carbons (Fsp3) is 0.231. The van der Waals surface area contributed by atoms with Crippen LogP contribution in [0.2, 0.25) is 0 Å². The second kappa shape index (κ2) is 9.47. The smallest absolute Gasteiger partial charge is 0.254 e. The number of carbonyl (C=O) groups is 2. The highest BCUT2D eigenvalue weighted by Crippen LogP contribution is 2.20. The van der Waals surface area contributed by atoms with Crippen molar-refractivity contribution in [2.75, 3.05) is 33.3 Å². The molecule has 4 rings (SSSR count).